The summed E-state index contributed by atoms with van der Waals surface area (Å²) in [4.78, 5) is 32.1. The minimum atomic E-state index is -1.19. The van der Waals surface area contributed by atoms with Crippen molar-refractivity contribution in [3.8, 4) is 11.4 Å². The van der Waals surface area contributed by atoms with E-state index >= 15 is 0 Å². The first-order chi connectivity index (χ1) is 17.3. The highest BCUT2D eigenvalue weighted by Crippen LogP contribution is 2.47. The monoisotopic (exact) mass is 500 g/mol. The van der Waals surface area contributed by atoms with Crippen LogP contribution in [0.3, 0.4) is 0 Å². The van der Waals surface area contributed by atoms with Crippen LogP contribution in [0.1, 0.15) is 35.5 Å². The first-order valence-electron chi connectivity index (χ1n) is 11.6. The number of esters is 1. The lowest BCUT2D eigenvalue weighted by molar-refractivity contribution is -0.158. The Hall–Kier alpha value is -3.98. The highest BCUT2D eigenvalue weighted by atomic mass is 32.1. The van der Waals surface area contributed by atoms with Gasteiger partial charge in [0, 0.05) is 16.8 Å². The number of rotatable bonds is 3. The zero-order valence-corrected chi connectivity index (χ0v) is 21.1. The molecule has 0 N–H and O–H groups in total. The Labute approximate surface area is 210 Å². The Morgan fingerprint density at radius 1 is 1.14 bits per heavy atom. The topological polar surface area (TPSA) is 87.7 Å². The highest BCUT2D eigenvalue weighted by molar-refractivity contribution is 7.07. The zero-order chi connectivity index (χ0) is 25.2. The van der Waals surface area contributed by atoms with Gasteiger partial charge in [-0.25, -0.2) is 9.67 Å². The molecule has 0 spiro atoms. The maximum absolute atomic E-state index is 13.9. The van der Waals surface area contributed by atoms with Gasteiger partial charge in [-0.1, -0.05) is 47.7 Å². The van der Waals surface area contributed by atoms with Gasteiger partial charge in [0.1, 0.15) is 11.7 Å². The first-order valence-corrected chi connectivity index (χ1v) is 12.4. The van der Waals surface area contributed by atoms with Crippen molar-refractivity contribution in [1.29, 1.82) is 0 Å². The predicted octanol–water partition coefficient (Wildman–Crippen LogP) is 2.66. The number of nitrogens with zero attached hydrogens (tertiary/aromatic N) is 4. The van der Waals surface area contributed by atoms with E-state index in [1.165, 1.54) is 18.4 Å². The van der Waals surface area contributed by atoms with E-state index in [0.717, 1.165) is 28.2 Å². The molecule has 0 radical (unpaired) electrons. The maximum atomic E-state index is 13.9. The van der Waals surface area contributed by atoms with Gasteiger partial charge >= 0.3 is 5.97 Å². The van der Waals surface area contributed by atoms with Crippen molar-refractivity contribution < 1.29 is 14.3 Å². The lowest BCUT2D eigenvalue weighted by Gasteiger charge is -2.44. The number of para-hydroxylation sites is 2. The van der Waals surface area contributed by atoms with Crippen LogP contribution < -0.4 is 19.6 Å². The molecule has 2 aromatic heterocycles. The number of carbonyl (C=O) groups is 1. The van der Waals surface area contributed by atoms with E-state index in [1.54, 1.807) is 11.5 Å². The van der Waals surface area contributed by atoms with Crippen LogP contribution in [0.5, 0.6) is 5.75 Å². The molecule has 4 heterocycles. The van der Waals surface area contributed by atoms with Crippen LogP contribution >= 0.6 is 11.3 Å². The third-order valence-corrected chi connectivity index (χ3v) is 7.94. The van der Waals surface area contributed by atoms with Crippen LogP contribution in [0, 0.1) is 19.8 Å². The van der Waals surface area contributed by atoms with Crippen molar-refractivity contribution in [2.75, 3.05) is 7.11 Å². The fraction of sp³-hybridized carbons (Fsp3) is 0.259. The molecule has 2 aliphatic heterocycles. The number of methoxy groups -OCH3 is 1. The maximum Gasteiger partial charge on any atom is 0.317 e. The van der Waals surface area contributed by atoms with Crippen molar-refractivity contribution in [2.24, 2.45) is 10.9 Å². The number of benzene rings is 2. The minimum Gasteiger partial charge on any atom is -0.469 e. The number of thiazole rings is 1. The quantitative estimate of drug-likeness (QED) is 0.404. The van der Waals surface area contributed by atoms with Crippen LogP contribution in [0.4, 0.5) is 0 Å². The third kappa shape index (κ3) is 3.19. The average Bonchev–Trinajstić information content (AvgIpc) is 3.33. The Balaban J connectivity index is 1.58. The molecule has 9 heteroatoms. The molecule has 6 rings (SSSR count). The fourth-order valence-corrected chi connectivity index (χ4v) is 6.33. The number of aromatic nitrogens is 3. The Morgan fingerprint density at radius 2 is 1.86 bits per heavy atom. The van der Waals surface area contributed by atoms with Crippen molar-refractivity contribution in [1.82, 2.24) is 14.3 Å². The molecule has 182 valence electrons. The molecule has 36 heavy (non-hydrogen) atoms. The number of ether oxygens (including phenoxy) is 2. The van der Waals surface area contributed by atoms with Crippen molar-refractivity contribution in [2.45, 2.75) is 32.5 Å². The standard InChI is InChI=1S/C27H24N4O4S/c1-15-19(16(2)31(29-15)17-10-6-5-7-11-17)14-21-24(32)30-23-18-12-8-9-13-20(18)35-27(3,28-26(30)36-21)22(23)25(33)34-4/h5-14,22-23H,1-4H3/b21-14+/t22-,23+,27+/m0/s1. The van der Waals surface area contributed by atoms with Gasteiger partial charge in [-0.05, 0) is 45.0 Å². The number of fused-ring (bicyclic) bond motifs is 6. The molecule has 4 aromatic rings. The number of aryl methyl sites for hydroxylation is 1. The van der Waals surface area contributed by atoms with Crippen molar-refractivity contribution in [3.63, 3.8) is 0 Å². The highest BCUT2D eigenvalue weighted by Gasteiger charge is 2.55. The summed E-state index contributed by atoms with van der Waals surface area (Å²) in [6.45, 7) is 5.69. The summed E-state index contributed by atoms with van der Waals surface area (Å²) in [5, 5.41) is 4.71. The smallest absolute Gasteiger partial charge is 0.317 e. The van der Waals surface area contributed by atoms with Crippen LogP contribution in [-0.2, 0) is 9.53 Å². The number of carbonyl (C=O) groups excluding carboxylic acids is 1. The van der Waals surface area contributed by atoms with Crippen molar-refractivity contribution >= 4 is 23.4 Å². The normalized spacial score (nSPS) is 22.3. The summed E-state index contributed by atoms with van der Waals surface area (Å²) >= 11 is 1.29. The molecule has 8 nitrogen and oxygen atoms in total. The van der Waals surface area contributed by atoms with Gasteiger partial charge in [-0.15, -0.1) is 0 Å². The van der Waals surface area contributed by atoms with Gasteiger partial charge in [0.05, 0.1) is 29.1 Å². The Bertz CT molecular complexity index is 1700. The van der Waals surface area contributed by atoms with E-state index < -0.39 is 23.7 Å². The molecule has 0 unspecified atom stereocenters. The Morgan fingerprint density at radius 3 is 2.61 bits per heavy atom. The molecule has 2 bridgehead atoms. The van der Waals surface area contributed by atoms with Gasteiger partial charge in [0.25, 0.3) is 5.56 Å². The summed E-state index contributed by atoms with van der Waals surface area (Å²) in [6, 6.07) is 16.8. The first kappa shape index (κ1) is 22.5. The summed E-state index contributed by atoms with van der Waals surface area (Å²) in [5.74, 6) is -0.653. The van der Waals surface area contributed by atoms with Crippen LogP contribution in [0.25, 0.3) is 11.8 Å². The lowest BCUT2D eigenvalue weighted by Crippen LogP contribution is -2.58. The number of hydrogen-bond acceptors (Lipinski definition) is 7. The molecule has 0 fully saturated rings. The van der Waals surface area contributed by atoms with E-state index in [0.29, 0.717) is 15.1 Å². The largest absolute Gasteiger partial charge is 0.469 e. The second-order valence-electron chi connectivity index (χ2n) is 9.15. The molecule has 3 atom stereocenters. The molecule has 0 aliphatic carbocycles. The van der Waals surface area contributed by atoms with E-state index in [4.69, 9.17) is 19.6 Å². The summed E-state index contributed by atoms with van der Waals surface area (Å²) in [7, 11) is 1.34. The van der Waals surface area contributed by atoms with E-state index in [1.807, 2.05) is 79.2 Å². The van der Waals surface area contributed by atoms with Gasteiger partial charge in [-0.2, -0.15) is 5.10 Å². The second kappa shape index (κ2) is 8.03. The fourth-order valence-electron chi connectivity index (χ4n) is 5.25. The van der Waals surface area contributed by atoms with Crippen LogP contribution in [0.15, 0.2) is 64.4 Å². The van der Waals surface area contributed by atoms with Crippen LogP contribution in [0.2, 0.25) is 0 Å². The second-order valence-corrected chi connectivity index (χ2v) is 10.2. The molecule has 2 aliphatic rings. The SMILES string of the molecule is COC(=O)[C@@H]1[C@H]2c3ccccc3O[C@@]1(C)N=c1s/c(=C/c3c(C)nn(-c4ccccc4)c3C)c(=O)n12. The van der Waals surface area contributed by atoms with Gasteiger partial charge < -0.3 is 9.47 Å². The molecule has 0 saturated carbocycles. The molecular weight excluding hydrogens is 476 g/mol. The van der Waals surface area contributed by atoms with Gasteiger partial charge in [-0.3, -0.25) is 14.2 Å². The van der Waals surface area contributed by atoms with Crippen LogP contribution in [-0.4, -0.2) is 33.2 Å². The summed E-state index contributed by atoms with van der Waals surface area (Å²) in [6.07, 6.45) is 1.87. The lowest BCUT2D eigenvalue weighted by atomic mass is 9.81. The molecule has 0 saturated heterocycles. The minimum absolute atomic E-state index is 0.206. The molecule has 0 amide bonds. The summed E-state index contributed by atoms with van der Waals surface area (Å²) < 4.78 is 15.4. The van der Waals surface area contributed by atoms with Crippen molar-refractivity contribution in [3.05, 3.63) is 96.8 Å². The average molecular weight is 501 g/mol. The van der Waals surface area contributed by atoms with Gasteiger partial charge in [0.2, 0.25) is 5.72 Å². The van der Waals surface area contributed by atoms with E-state index in [2.05, 4.69) is 0 Å². The number of hydrogen-bond donors (Lipinski definition) is 0. The molecular formula is C27H24N4O4S. The zero-order valence-electron chi connectivity index (χ0n) is 20.3. The van der Waals surface area contributed by atoms with Gasteiger partial charge in [0.15, 0.2) is 4.80 Å². The molecule has 2 aromatic carbocycles. The van der Waals surface area contributed by atoms with E-state index in [-0.39, 0.29) is 5.56 Å². The predicted molar refractivity (Wildman–Crippen MR) is 135 cm³/mol. The Kier molecular flexibility index (Phi) is 5.01. The third-order valence-electron chi connectivity index (χ3n) is 6.96. The van der Waals surface area contributed by atoms with E-state index in [9.17, 15) is 9.59 Å². The summed E-state index contributed by atoms with van der Waals surface area (Å²) in [5.41, 5.74) is 2.94.